The fourth-order valence-corrected chi connectivity index (χ4v) is 2.38. The molecule has 2 rings (SSSR count). The van der Waals surface area contributed by atoms with Crippen LogP contribution in [0.15, 0.2) is 48.5 Å². The monoisotopic (exact) mass is 334 g/mol. The molecule has 0 unspecified atom stereocenters. The van der Waals surface area contributed by atoms with E-state index >= 15 is 0 Å². The van der Waals surface area contributed by atoms with E-state index < -0.39 is 0 Å². The Bertz CT molecular complexity index is 689. The number of carbonyl (C=O) groups is 1. The molecule has 22 heavy (non-hydrogen) atoms. The summed E-state index contributed by atoms with van der Waals surface area (Å²) in [6.07, 6.45) is 3.37. The predicted molar refractivity (Wildman–Crippen MR) is 92.0 cm³/mol. The highest BCUT2D eigenvalue weighted by Gasteiger charge is 2.07. The lowest BCUT2D eigenvalue weighted by Gasteiger charge is -2.09. The van der Waals surface area contributed by atoms with Crippen LogP contribution < -0.4 is 4.74 Å². The minimum absolute atomic E-state index is 0.134. The molecule has 0 aliphatic heterocycles. The highest BCUT2D eigenvalue weighted by molar-refractivity contribution is 6.37. The fourth-order valence-electron chi connectivity index (χ4n) is 1.88. The largest absolute Gasteiger partial charge is 0.491 e. The molecule has 0 aliphatic carbocycles. The van der Waals surface area contributed by atoms with Crippen LogP contribution in [0.3, 0.4) is 0 Å². The molecule has 0 radical (unpaired) electrons. The zero-order valence-corrected chi connectivity index (χ0v) is 13.9. The van der Waals surface area contributed by atoms with Crippen LogP contribution in [0.1, 0.15) is 29.8 Å². The number of halogens is 2. The molecule has 2 aromatic rings. The number of hydrogen-bond acceptors (Lipinski definition) is 2. The Hall–Kier alpha value is -1.77. The predicted octanol–water partition coefficient (Wildman–Crippen LogP) is 5.68. The lowest BCUT2D eigenvalue weighted by molar-refractivity contribution is 0.104. The highest BCUT2D eigenvalue weighted by Crippen LogP contribution is 2.22. The topological polar surface area (TPSA) is 26.3 Å². The molecule has 0 aliphatic rings. The first-order valence-corrected chi connectivity index (χ1v) is 7.65. The van der Waals surface area contributed by atoms with Crippen LogP contribution in [0, 0.1) is 0 Å². The summed E-state index contributed by atoms with van der Waals surface area (Å²) in [5.41, 5.74) is 1.34. The molecule has 0 atom stereocenters. The SMILES string of the molecule is CC(C)Oc1ccc(/C=C\C(=O)c2ccc(Cl)cc2Cl)cc1. The highest BCUT2D eigenvalue weighted by atomic mass is 35.5. The van der Waals surface area contributed by atoms with Crippen molar-refractivity contribution in [3.63, 3.8) is 0 Å². The number of allylic oxidation sites excluding steroid dienone is 1. The van der Waals surface area contributed by atoms with Gasteiger partial charge in [0.25, 0.3) is 0 Å². The van der Waals surface area contributed by atoms with Gasteiger partial charge in [-0.15, -0.1) is 0 Å². The maximum absolute atomic E-state index is 12.1. The lowest BCUT2D eigenvalue weighted by atomic mass is 10.1. The zero-order valence-electron chi connectivity index (χ0n) is 12.3. The van der Waals surface area contributed by atoms with Gasteiger partial charge in [-0.05, 0) is 55.8 Å². The second kappa shape index (κ2) is 7.48. The van der Waals surface area contributed by atoms with Gasteiger partial charge in [-0.2, -0.15) is 0 Å². The van der Waals surface area contributed by atoms with Gasteiger partial charge in [-0.25, -0.2) is 0 Å². The fraction of sp³-hybridized carbons (Fsp3) is 0.167. The van der Waals surface area contributed by atoms with E-state index in [1.165, 1.54) is 6.08 Å². The van der Waals surface area contributed by atoms with Crippen molar-refractivity contribution in [1.29, 1.82) is 0 Å². The van der Waals surface area contributed by atoms with Crippen molar-refractivity contribution in [1.82, 2.24) is 0 Å². The van der Waals surface area contributed by atoms with Crippen molar-refractivity contribution < 1.29 is 9.53 Å². The number of benzene rings is 2. The molecule has 0 heterocycles. The molecule has 4 heteroatoms. The molecular formula is C18H16Cl2O2. The first kappa shape index (κ1) is 16.6. The van der Waals surface area contributed by atoms with Gasteiger partial charge in [-0.1, -0.05) is 41.4 Å². The molecule has 0 saturated heterocycles. The smallest absolute Gasteiger partial charge is 0.187 e. The third-order valence-electron chi connectivity index (χ3n) is 2.88. The quantitative estimate of drug-likeness (QED) is 0.519. The maximum atomic E-state index is 12.1. The Kier molecular flexibility index (Phi) is 5.64. The molecule has 0 bridgehead atoms. The van der Waals surface area contributed by atoms with E-state index in [1.807, 2.05) is 38.1 Å². The van der Waals surface area contributed by atoms with Crippen molar-refractivity contribution in [2.75, 3.05) is 0 Å². The normalized spacial score (nSPS) is 11.1. The number of ketones is 1. The van der Waals surface area contributed by atoms with Gasteiger partial charge in [0.1, 0.15) is 5.75 Å². The van der Waals surface area contributed by atoms with E-state index in [0.717, 1.165) is 11.3 Å². The zero-order chi connectivity index (χ0) is 16.1. The Morgan fingerprint density at radius 3 is 2.36 bits per heavy atom. The van der Waals surface area contributed by atoms with Gasteiger partial charge in [0.15, 0.2) is 5.78 Å². The summed E-state index contributed by atoms with van der Waals surface area (Å²) >= 11 is 11.8. The van der Waals surface area contributed by atoms with Crippen LogP contribution in [0.5, 0.6) is 5.75 Å². The van der Waals surface area contributed by atoms with Crippen molar-refractivity contribution in [3.8, 4) is 5.75 Å². The third-order valence-corrected chi connectivity index (χ3v) is 3.42. The molecular weight excluding hydrogens is 319 g/mol. The van der Waals surface area contributed by atoms with Crippen molar-refractivity contribution in [2.45, 2.75) is 20.0 Å². The summed E-state index contributed by atoms with van der Waals surface area (Å²) in [6.45, 7) is 3.95. The van der Waals surface area contributed by atoms with Gasteiger partial charge in [0.2, 0.25) is 0 Å². The summed E-state index contributed by atoms with van der Waals surface area (Å²) in [5.74, 6) is 0.642. The van der Waals surface area contributed by atoms with E-state index in [2.05, 4.69) is 0 Å². The lowest BCUT2D eigenvalue weighted by Crippen LogP contribution is -2.05. The summed E-state index contributed by atoms with van der Waals surface area (Å²) in [6, 6.07) is 12.4. The minimum Gasteiger partial charge on any atom is -0.491 e. The molecule has 0 spiro atoms. The average Bonchev–Trinajstić information content (AvgIpc) is 2.45. The van der Waals surface area contributed by atoms with Crippen LogP contribution in [0.4, 0.5) is 0 Å². The van der Waals surface area contributed by atoms with Crippen LogP contribution in [0.25, 0.3) is 6.08 Å². The van der Waals surface area contributed by atoms with Gasteiger partial charge in [0.05, 0.1) is 11.1 Å². The van der Waals surface area contributed by atoms with Crippen LogP contribution in [-0.4, -0.2) is 11.9 Å². The van der Waals surface area contributed by atoms with Crippen molar-refractivity contribution in [2.24, 2.45) is 0 Å². The first-order valence-electron chi connectivity index (χ1n) is 6.90. The standard InChI is InChI=1S/C18H16Cl2O2/c1-12(2)22-15-7-3-13(4-8-15)5-10-18(21)16-9-6-14(19)11-17(16)20/h3-12H,1-2H3/b10-5-. The van der Waals surface area contributed by atoms with Crippen LogP contribution >= 0.6 is 23.2 Å². The Balaban J connectivity index is 2.09. The molecule has 0 N–H and O–H groups in total. The second-order valence-electron chi connectivity index (χ2n) is 5.06. The number of ether oxygens (including phenoxy) is 1. The van der Waals surface area contributed by atoms with E-state index in [9.17, 15) is 4.79 Å². The van der Waals surface area contributed by atoms with E-state index in [1.54, 1.807) is 24.3 Å². The number of carbonyl (C=O) groups excluding carboxylic acids is 1. The van der Waals surface area contributed by atoms with E-state index in [4.69, 9.17) is 27.9 Å². The molecule has 2 nitrogen and oxygen atoms in total. The van der Waals surface area contributed by atoms with Gasteiger partial charge in [0, 0.05) is 10.6 Å². The van der Waals surface area contributed by atoms with Crippen molar-refractivity contribution >= 4 is 35.1 Å². The van der Waals surface area contributed by atoms with Gasteiger partial charge in [-0.3, -0.25) is 4.79 Å². The second-order valence-corrected chi connectivity index (χ2v) is 5.90. The Morgan fingerprint density at radius 1 is 1.09 bits per heavy atom. The number of rotatable bonds is 5. The summed E-state index contributed by atoms with van der Waals surface area (Å²) < 4.78 is 5.57. The van der Waals surface area contributed by atoms with E-state index in [0.29, 0.717) is 15.6 Å². The maximum Gasteiger partial charge on any atom is 0.187 e. The summed E-state index contributed by atoms with van der Waals surface area (Å²) in [7, 11) is 0. The average molecular weight is 335 g/mol. The third kappa shape index (κ3) is 4.62. The van der Waals surface area contributed by atoms with Crippen molar-refractivity contribution in [3.05, 3.63) is 69.7 Å². The first-order chi connectivity index (χ1) is 10.5. The molecule has 0 aromatic heterocycles. The molecule has 114 valence electrons. The van der Waals surface area contributed by atoms with E-state index in [-0.39, 0.29) is 11.9 Å². The summed E-state index contributed by atoms with van der Waals surface area (Å²) in [5, 5.41) is 0.856. The molecule has 0 amide bonds. The molecule has 0 fully saturated rings. The summed E-state index contributed by atoms with van der Waals surface area (Å²) in [4.78, 5) is 12.1. The van der Waals surface area contributed by atoms with Gasteiger partial charge >= 0.3 is 0 Å². The Labute approximate surface area is 140 Å². The molecule has 2 aromatic carbocycles. The van der Waals surface area contributed by atoms with Gasteiger partial charge < -0.3 is 4.74 Å². The Morgan fingerprint density at radius 2 is 1.77 bits per heavy atom. The van der Waals surface area contributed by atoms with Crippen LogP contribution in [0.2, 0.25) is 10.0 Å². The molecule has 0 saturated carbocycles. The minimum atomic E-state index is -0.163. The van der Waals surface area contributed by atoms with Crippen LogP contribution in [-0.2, 0) is 0 Å². The number of hydrogen-bond donors (Lipinski definition) is 0.